The summed E-state index contributed by atoms with van der Waals surface area (Å²) < 4.78 is 29.4. The highest BCUT2D eigenvalue weighted by Crippen LogP contribution is 2.22. The maximum Gasteiger partial charge on any atom is 0.297 e. The third-order valence-corrected chi connectivity index (χ3v) is 5.24. The normalized spacial score (nSPS) is 18.9. The van der Waals surface area contributed by atoms with Crippen LogP contribution in [0.2, 0.25) is 0 Å². The van der Waals surface area contributed by atoms with Crippen molar-refractivity contribution in [1.82, 2.24) is 4.90 Å². The maximum atomic E-state index is 12.1. The Hall–Kier alpha value is -0.820. The first-order valence-electron chi connectivity index (χ1n) is 6.86. The van der Waals surface area contributed by atoms with Crippen LogP contribution >= 0.6 is 23.2 Å². The summed E-state index contributed by atoms with van der Waals surface area (Å²) in [6.45, 7) is 2.28. The summed E-state index contributed by atoms with van der Waals surface area (Å²) >= 11 is 11.2. The number of nitrogens with zero attached hydrogens (tertiary/aromatic N) is 1. The van der Waals surface area contributed by atoms with Crippen LogP contribution in [0.15, 0.2) is 29.2 Å². The van der Waals surface area contributed by atoms with Gasteiger partial charge in [-0.3, -0.25) is 8.98 Å². The van der Waals surface area contributed by atoms with E-state index in [1.54, 1.807) is 12.1 Å². The predicted molar refractivity (Wildman–Crippen MR) is 84.5 cm³/mol. The molecule has 1 aliphatic heterocycles. The first-order chi connectivity index (χ1) is 10.3. The molecule has 1 atom stereocenters. The van der Waals surface area contributed by atoms with Gasteiger partial charge in [-0.25, -0.2) is 0 Å². The SMILES string of the molecule is Cc1ccc(S(=O)(=O)OC[C@@H]2CCCN2C(=O)C(Cl)Cl)cc1. The lowest BCUT2D eigenvalue weighted by Gasteiger charge is -2.24. The van der Waals surface area contributed by atoms with E-state index in [-0.39, 0.29) is 17.5 Å². The van der Waals surface area contributed by atoms with E-state index in [4.69, 9.17) is 27.4 Å². The minimum Gasteiger partial charge on any atom is -0.335 e. The molecule has 0 aromatic heterocycles. The molecule has 8 heteroatoms. The topological polar surface area (TPSA) is 63.7 Å². The van der Waals surface area contributed by atoms with Crippen LogP contribution < -0.4 is 0 Å². The first kappa shape index (κ1) is 17.5. The first-order valence-corrected chi connectivity index (χ1v) is 9.14. The largest absolute Gasteiger partial charge is 0.335 e. The van der Waals surface area contributed by atoms with Gasteiger partial charge in [-0.15, -0.1) is 0 Å². The van der Waals surface area contributed by atoms with E-state index in [0.717, 1.165) is 12.0 Å². The molecule has 0 saturated carbocycles. The quantitative estimate of drug-likeness (QED) is 0.593. The summed E-state index contributed by atoms with van der Waals surface area (Å²) in [6.07, 6.45) is 1.43. The Bertz CT molecular complexity index is 631. The van der Waals surface area contributed by atoms with Crippen molar-refractivity contribution in [3.05, 3.63) is 29.8 Å². The van der Waals surface area contributed by atoms with Gasteiger partial charge in [0.25, 0.3) is 16.0 Å². The van der Waals surface area contributed by atoms with Crippen LogP contribution in [0.3, 0.4) is 0 Å². The van der Waals surface area contributed by atoms with E-state index in [1.807, 2.05) is 6.92 Å². The van der Waals surface area contributed by atoms with Gasteiger partial charge in [0.05, 0.1) is 17.5 Å². The summed E-state index contributed by atoms with van der Waals surface area (Å²) in [5.41, 5.74) is 0.960. The lowest BCUT2D eigenvalue weighted by Crippen LogP contribution is -2.41. The zero-order valence-corrected chi connectivity index (χ0v) is 14.4. The Balaban J connectivity index is 2.02. The van der Waals surface area contributed by atoms with E-state index in [2.05, 4.69) is 0 Å². The third-order valence-electron chi connectivity index (χ3n) is 3.57. The maximum absolute atomic E-state index is 12.1. The molecule has 0 unspecified atom stereocenters. The molecule has 2 rings (SSSR count). The Kier molecular flexibility index (Phi) is 5.71. The van der Waals surface area contributed by atoms with Crippen LogP contribution in [0.4, 0.5) is 0 Å². The molecule has 0 aliphatic carbocycles. The van der Waals surface area contributed by atoms with Gasteiger partial charge in [-0.1, -0.05) is 40.9 Å². The van der Waals surface area contributed by atoms with Crippen molar-refractivity contribution in [2.75, 3.05) is 13.2 Å². The number of alkyl halides is 2. The van der Waals surface area contributed by atoms with E-state index < -0.39 is 20.9 Å². The number of hydrogen-bond acceptors (Lipinski definition) is 4. The van der Waals surface area contributed by atoms with E-state index in [0.29, 0.717) is 13.0 Å². The second-order valence-corrected chi connectivity index (χ2v) is 7.89. The smallest absolute Gasteiger partial charge is 0.297 e. The fraction of sp³-hybridized carbons (Fsp3) is 0.500. The van der Waals surface area contributed by atoms with Gasteiger partial charge in [-0.05, 0) is 31.9 Å². The molecule has 1 heterocycles. The van der Waals surface area contributed by atoms with Crippen molar-refractivity contribution in [3.63, 3.8) is 0 Å². The van der Waals surface area contributed by atoms with Crippen molar-refractivity contribution in [2.24, 2.45) is 0 Å². The van der Waals surface area contributed by atoms with Gasteiger partial charge in [0, 0.05) is 6.54 Å². The van der Waals surface area contributed by atoms with Crippen LogP contribution in [0.1, 0.15) is 18.4 Å². The minimum absolute atomic E-state index is 0.0948. The number of halogens is 2. The van der Waals surface area contributed by atoms with Crippen LogP contribution in [0.5, 0.6) is 0 Å². The van der Waals surface area contributed by atoms with Gasteiger partial charge < -0.3 is 4.90 Å². The lowest BCUT2D eigenvalue weighted by molar-refractivity contribution is -0.130. The highest BCUT2D eigenvalue weighted by molar-refractivity contribution is 7.86. The predicted octanol–water partition coefficient (Wildman–Crippen LogP) is 2.50. The van der Waals surface area contributed by atoms with Crippen LogP contribution in [0, 0.1) is 6.92 Å². The summed E-state index contributed by atoms with van der Waals surface area (Å²) in [4.78, 5) is 12.3. The fourth-order valence-electron chi connectivity index (χ4n) is 2.37. The minimum atomic E-state index is -3.84. The van der Waals surface area contributed by atoms with Crippen molar-refractivity contribution in [1.29, 1.82) is 0 Å². The number of benzene rings is 1. The highest BCUT2D eigenvalue weighted by atomic mass is 35.5. The Morgan fingerprint density at radius 3 is 2.59 bits per heavy atom. The lowest BCUT2D eigenvalue weighted by atomic mass is 10.2. The zero-order chi connectivity index (χ0) is 16.3. The van der Waals surface area contributed by atoms with Crippen molar-refractivity contribution in [3.8, 4) is 0 Å². The monoisotopic (exact) mass is 365 g/mol. The average Bonchev–Trinajstić information content (AvgIpc) is 2.93. The molecule has 1 aromatic rings. The fourth-order valence-corrected chi connectivity index (χ4v) is 3.56. The van der Waals surface area contributed by atoms with Gasteiger partial charge in [0.1, 0.15) is 0 Å². The summed E-state index contributed by atoms with van der Waals surface area (Å²) in [7, 11) is -3.84. The molecule has 5 nitrogen and oxygen atoms in total. The summed E-state index contributed by atoms with van der Waals surface area (Å²) in [6, 6.07) is 6.07. The molecule has 1 aromatic carbocycles. The second kappa shape index (κ2) is 7.17. The molecule has 1 saturated heterocycles. The van der Waals surface area contributed by atoms with E-state index >= 15 is 0 Å². The molecule has 1 fully saturated rings. The van der Waals surface area contributed by atoms with Gasteiger partial charge in [-0.2, -0.15) is 8.42 Å². The number of carbonyl (C=O) groups is 1. The van der Waals surface area contributed by atoms with Gasteiger partial charge in [0.15, 0.2) is 4.84 Å². The average molecular weight is 366 g/mol. The van der Waals surface area contributed by atoms with Gasteiger partial charge >= 0.3 is 0 Å². The van der Waals surface area contributed by atoms with E-state index in [9.17, 15) is 13.2 Å². The molecular weight excluding hydrogens is 349 g/mol. The molecule has 0 N–H and O–H groups in total. The van der Waals surface area contributed by atoms with Crippen molar-refractivity contribution < 1.29 is 17.4 Å². The number of likely N-dealkylation sites (tertiary alicyclic amines) is 1. The number of aryl methyl sites for hydroxylation is 1. The van der Waals surface area contributed by atoms with Crippen LogP contribution in [-0.4, -0.2) is 43.3 Å². The molecule has 22 heavy (non-hydrogen) atoms. The number of hydrogen-bond donors (Lipinski definition) is 0. The standard InChI is InChI=1S/C14H17Cl2NO4S/c1-10-4-6-12(7-5-10)22(19,20)21-9-11-3-2-8-17(11)14(18)13(15)16/h4-7,11,13H,2-3,8-9H2,1H3/t11-/m0/s1. The molecule has 1 aliphatic rings. The molecule has 0 spiro atoms. The van der Waals surface area contributed by atoms with Gasteiger partial charge in [0.2, 0.25) is 0 Å². The molecular formula is C14H17Cl2NO4S. The highest BCUT2D eigenvalue weighted by Gasteiger charge is 2.33. The Morgan fingerprint density at radius 1 is 1.36 bits per heavy atom. The van der Waals surface area contributed by atoms with Crippen molar-refractivity contribution in [2.45, 2.75) is 35.5 Å². The molecule has 122 valence electrons. The molecule has 1 amide bonds. The second-order valence-electron chi connectivity index (χ2n) is 5.18. The van der Waals surface area contributed by atoms with E-state index in [1.165, 1.54) is 17.0 Å². The number of rotatable bonds is 5. The molecule has 0 radical (unpaired) electrons. The van der Waals surface area contributed by atoms with Crippen LogP contribution in [0.25, 0.3) is 0 Å². The van der Waals surface area contributed by atoms with Crippen molar-refractivity contribution >= 4 is 39.2 Å². The number of amides is 1. The number of carbonyl (C=O) groups excluding carboxylic acids is 1. The Labute approximate surface area is 140 Å². The Morgan fingerprint density at radius 2 is 2.00 bits per heavy atom. The summed E-state index contributed by atoms with van der Waals surface area (Å²) in [5.74, 6) is -0.415. The summed E-state index contributed by atoms with van der Waals surface area (Å²) in [5, 5.41) is 0. The third kappa shape index (κ3) is 4.13. The van der Waals surface area contributed by atoms with Crippen LogP contribution in [-0.2, 0) is 19.1 Å². The molecule has 0 bridgehead atoms. The zero-order valence-electron chi connectivity index (χ0n) is 12.0.